The van der Waals surface area contributed by atoms with Crippen LogP contribution >= 0.6 is 0 Å². The van der Waals surface area contributed by atoms with Crippen LogP contribution in [-0.2, 0) is 24.2 Å². The number of anilines is 1. The summed E-state index contributed by atoms with van der Waals surface area (Å²) in [5, 5.41) is 3.09. The molecule has 3 aromatic rings. The lowest BCUT2D eigenvalue weighted by Gasteiger charge is -2.44. The number of nitrogens with zero attached hydrogens (tertiary/aromatic N) is 1. The molecule has 1 N–H and O–H groups in total. The minimum absolute atomic E-state index is 0.139. The van der Waals surface area contributed by atoms with Gasteiger partial charge in [0, 0.05) is 24.2 Å². The van der Waals surface area contributed by atoms with E-state index in [0.717, 1.165) is 28.8 Å². The average molecular weight is 413 g/mol. The van der Waals surface area contributed by atoms with Crippen molar-refractivity contribution < 1.29 is 9.59 Å². The molecule has 31 heavy (non-hydrogen) atoms. The first kappa shape index (κ1) is 20.9. The number of rotatable bonds is 5. The fourth-order valence-electron chi connectivity index (χ4n) is 4.32. The molecule has 0 fully saturated rings. The Hall–Kier alpha value is -3.40. The molecule has 0 bridgehead atoms. The Morgan fingerprint density at radius 1 is 1.00 bits per heavy atom. The van der Waals surface area contributed by atoms with Crippen LogP contribution in [0.25, 0.3) is 0 Å². The molecule has 0 saturated carbocycles. The highest BCUT2D eigenvalue weighted by atomic mass is 16.2. The molecule has 3 aromatic carbocycles. The maximum atomic E-state index is 13.6. The van der Waals surface area contributed by atoms with Gasteiger partial charge in [0.05, 0.1) is 0 Å². The lowest BCUT2D eigenvalue weighted by molar-refractivity contribution is -0.126. The fraction of sp³-hybridized carbons (Fsp3) is 0.259. The molecule has 4 nitrogen and oxygen atoms in total. The minimum atomic E-state index is -1.03. The monoisotopic (exact) mass is 412 g/mol. The Balaban J connectivity index is 1.71. The minimum Gasteiger partial charge on any atom is -0.350 e. The van der Waals surface area contributed by atoms with Gasteiger partial charge >= 0.3 is 0 Å². The summed E-state index contributed by atoms with van der Waals surface area (Å²) in [5.74, 6) is -0.294. The molecule has 0 unspecified atom stereocenters. The smallest absolute Gasteiger partial charge is 0.259 e. The summed E-state index contributed by atoms with van der Waals surface area (Å²) in [6, 6.07) is 23.5. The molecule has 1 heterocycles. The number of hydrogen-bond acceptors (Lipinski definition) is 2. The number of amides is 2. The van der Waals surface area contributed by atoms with E-state index in [0.29, 0.717) is 18.5 Å². The van der Waals surface area contributed by atoms with E-state index in [2.05, 4.69) is 12.2 Å². The molecule has 2 amide bonds. The van der Waals surface area contributed by atoms with Gasteiger partial charge in [-0.1, -0.05) is 61.5 Å². The normalized spacial score (nSPS) is 17.9. The first-order valence-corrected chi connectivity index (χ1v) is 10.8. The summed E-state index contributed by atoms with van der Waals surface area (Å²) in [4.78, 5) is 28.8. The molecule has 0 aliphatic carbocycles. The Bertz CT molecular complexity index is 1120. The van der Waals surface area contributed by atoms with E-state index in [9.17, 15) is 9.59 Å². The van der Waals surface area contributed by atoms with Gasteiger partial charge in [0.25, 0.3) is 5.91 Å². The van der Waals surface area contributed by atoms with Gasteiger partial charge in [0.1, 0.15) is 5.54 Å². The van der Waals surface area contributed by atoms with Crippen molar-refractivity contribution in [2.45, 2.75) is 45.7 Å². The van der Waals surface area contributed by atoms with Crippen molar-refractivity contribution in [3.05, 3.63) is 101 Å². The maximum Gasteiger partial charge on any atom is 0.259 e. The zero-order chi connectivity index (χ0) is 22.0. The average Bonchev–Trinajstić information content (AvgIpc) is 2.79. The summed E-state index contributed by atoms with van der Waals surface area (Å²) in [5.41, 5.74) is 4.67. The second-order valence-corrected chi connectivity index (χ2v) is 8.38. The van der Waals surface area contributed by atoms with Crippen LogP contribution < -0.4 is 10.2 Å². The molecule has 4 heteroatoms. The van der Waals surface area contributed by atoms with E-state index < -0.39 is 5.54 Å². The van der Waals surface area contributed by atoms with Crippen molar-refractivity contribution >= 4 is 17.5 Å². The number of fused-ring (bicyclic) bond motifs is 1. The molecule has 1 atom stereocenters. The lowest BCUT2D eigenvalue weighted by Crippen LogP contribution is -2.63. The van der Waals surface area contributed by atoms with Gasteiger partial charge in [-0.15, -0.1) is 0 Å². The maximum absolute atomic E-state index is 13.6. The summed E-state index contributed by atoms with van der Waals surface area (Å²) in [6.07, 6.45) is 1.38. The number of aryl methyl sites for hydroxylation is 2. The van der Waals surface area contributed by atoms with Crippen molar-refractivity contribution in [2.24, 2.45) is 0 Å². The van der Waals surface area contributed by atoms with Crippen molar-refractivity contribution in [3.63, 3.8) is 0 Å². The first-order chi connectivity index (χ1) is 14.9. The Labute approximate surface area is 183 Å². The zero-order valence-electron chi connectivity index (χ0n) is 18.3. The van der Waals surface area contributed by atoms with Gasteiger partial charge in [-0.25, -0.2) is 0 Å². The summed E-state index contributed by atoms with van der Waals surface area (Å²) >= 11 is 0. The van der Waals surface area contributed by atoms with Crippen molar-refractivity contribution in [1.82, 2.24) is 5.32 Å². The number of carbonyl (C=O) groups is 2. The topological polar surface area (TPSA) is 49.4 Å². The molecule has 4 rings (SSSR count). The van der Waals surface area contributed by atoms with Crippen molar-refractivity contribution in [1.29, 1.82) is 0 Å². The molecule has 158 valence electrons. The molecule has 1 aliphatic heterocycles. The molecule has 0 spiro atoms. The first-order valence-electron chi connectivity index (χ1n) is 10.8. The third-order valence-electron chi connectivity index (χ3n) is 6.27. The van der Waals surface area contributed by atoms with E-state index in [1.807, 2.05) is 86.6 Å². The third kappa shape index (κ3) is 3.86. The van der Waals surface area contributed by atoms with Gasteiger partial charge in [0.15, 0.2) is 0 Å². The van der Waals surface area contributed by atoms with Crippen LogP contribution in [0.15, 0.2) is 72.8 Å². The summed E-state index contributed by atoms with van der Waals surface area (Å²) < 4.78 is 0. The van der Waals surface area contributed by atoms with Gasteiger partial charge in [-0.2, -0.15) is 0 Å². The van der Waals surface area contributed by atoms with E-state index in [1.54, 1.807) is 4.90 Å². The van der Waals surface area contributed by atoms with Crippen molar-refractivity contribution in [3.8, 4) is 0 Å². The van der Waals surface area contributed by atoms with Gasteiger partial charge in [0.2, 0.25) is 5.91 Å². The highest BCUT2D eigenvalue weighted by molar-refractivity contribution is 6.14. The summed E-state index contributed by atoms with van der Waals surface area (Å²) in [7, 11) is 0. The Kier molecular flexibility index (Phi) is 5.64. The van der Waals surface area contributed by atoms with E-state index in [1.165, 1.54) is 5.56 Å². The molecular formula is C27H28N2O2. The predicted molar refractivity (Wildman–Crippen MR) is 124 cm³/mol. The second kappa shape index (κ2) is 8.38. The van der Waals surface area contributed by atoms with Crippen LogP contribution in [-0.4, -0.2) is 17.4 Å². The van der Waals surface area contributed by atoms with Crippen LogP contribution in [0.1, 0.15) is 46.5 Å². The van der Waals surface area contributed by atoms with Gasteiger partial charge < -0.3 is 5.32 Å². The largest absolute Gasteiger partial charge is 0.350 e. The van der Waals surface area contributed by atoms with Crippen LogP contribution in [0.2, 0.25) is 0 Å². The van der Waals surface area contributed by atoms with Gasteiger partial charge in [-0.05, 0) is 60.7 Å². The predicted octanol–water partition coefficient (Wildman–Crippen LogP) is 4.84. The molecule has 1 aliphatic rings. The standard InChI is InChI=1S/C27H28N2O2/c1-4-20-13-15-23(16-14-20)29-25(30)24-12-8-7-10-21(24)17-27(29,3)26(31)28-18-22-11-6-5-9-19(22)2/h5-16H,4,17-18H2,1-3H3,(H,28,31)/t27-/m0/s1. The Morgan fingerprint density at radius 3 is 2.39 bits per heavy atom. The van der Waals surface area contributed by atoms with Crippen LogP contribution in [0, 0.1) is 6.92 Å². The van der Waals surface area contributed by atoms with Crippen LogP contribution in [0.3, 0.4) is 0 Å². The van der Waals surface area contributed by atoms with Crippen LogP contribution in [0.5, 0.6) is 0 Å². The SMILES string of the molecule is CCc1ccc(N2C(=O)c3ccccc3C[C@@]2(C)C(=O)NCc2ccccc2C)cc1. The molecule has 0 saturated heterocycles. The third-order valence-corrected chi connectivity index (χ3v) is 6.27. The van der Waals surface area contributed by atoms with E-state index in [4.69, 9.17) is 0 Å². The van der Waals surface area contributed by atoms with Gasteiger partial charge in [-0.3, -0.25) is 14.5 Å². The van der Waals surface area contributed by atoms with Crippen LogP contribution in [0.4, 0.5) is 5.69 Å². The van der Waals surface area contributed by atoms with E-state index in [-0.39, 0.29) is 11.8 Å². The molecule has 0 radical (unpaired) electrons. The van der Waals surface area contributed by atoms with E-state index >= 15 is 0 Å². The molecule has 0 aromatic heterocycles. The summed E-state index contributed by atoms with van der Waals surface area (Å²) in [6.45, 7) is 6.42. The molecular weight excluding hydrogens is 384 g/mol. The number of nitrogens with one attached hydrogen (secondary N) is 1. The lowest BCUT2D eigenvalue weighted by atomic mass is 9.82. The number of carbonyl (C=O) groups excluding carboxylic acids is 2. The van der Waals surface area contributed by atoms with Crippen molar-refractivity contribution in [2.75, 3.05) is 4.90 Å². The number of benzene rings is 3. The highest BCUT2D eigenvalue weighted by Gasteiger charge is 2.47. The Morgan fingerprint density at radius 2 is 1.68 bits per heavy atom. The number of hydrogen-bond donors (Lipinski definition) is 1. The zero-order valence-corrected chi connectivity index (χ0v) is 18.3. The highest BCUT2D eigenvalue weighted by Crippen LogP contribution is 2.35. The second-order valence-electron chi connectivity index (χ2n) is 8.38. The quantitative estimate of drug-likeness (QED) is 0.652. The fourth-order valence-corrected chi connectivity index (χ4v) is 4.32.